The fourth-order valence-electron chi connectivity index (χ4n) is 1.66. The molecular formula is C13H11BrCl2N2O2S. The lowest BCUT2D eigenvalue weighted by molar-refractivity contribution is 0.601. The van der Waals surface area contributed by atoms with Crippen LogP contribution in [-0.2, 0) is 10.0 Å². The van der Waals surface area contributed by atoms with Crippen molar-refractivity contribution in [3.05, 3.63) is 50.4 Å². The Balaban J connectivity index is 2.48. The molecule has 0 saturated carbocycles. The first-order valence-corrected chi connectivity index (χ1v) is 8.78. The average Bonchev–Trinajstić information content (AvgIpc) is 2.39. The van der Waals surface area contributed by atoms with Crippen molar-refractivity contribution in [2.24, 2.45) is 0 Å². The van der Waals surface area contributed by atoms with E-state index in [0.717, 1.165) is 0 Å². The van der Waals surface area contributed by atoms with Crippen molar-refractivity contribution >= 4 is 60.5 Å². The molecule has 0 aliphatic rings. The molecule has 0 aromatic heterocycles. The zero-order chi connectivity index (χ0) is 15.8. The Morgan fingerprint density at radius 2 is 1.86 bits per heavy atom. The molecule has 2 aromatic rings. The van der Waals surface area contributed by atoms with Gasteiger partial charge in [-0.25, -0.2) is 8.42 Å². The number of nitrogen functional groups attached to an aromatic ring is 1. The van der Waals surface area contributed by atoms with Crippen LogP contribution in [0.5, 0.6) is 0 Å². The fraction of sp³-hybridized carbons (Fsp3) is 0.0769. The summed E-state index contributed by atoms with van der Waals surface area (Å²) in [5.41, 5.74) is 7.13. The van der Waals surface area contributed by atoms with E-state index in [2.05, 4.69) is 20.7 Å². The lowest BCUT2D eigenvalue weighted by Crippen LogP contribution is -2.14. The van der Waals surface area contributed by atoms with Gasteiger partial charge in [0.05, 0.1) is 20.2 Å². The second-order valence-electron chi connectivity index (χ2n) is 4.35. The van der Waals surface area contributed by atoms with Crippen LogP contribution >= 0.6 is 39.1 Å². The topological polar surface area (TPSA) is 72.2 Å². The first-order chi connectivity index (χ1) is 9.72. The van der Waals surface area contributed by atoms with E-state index >= 15 is 0 Å². The normalized spacial score (nSPS) is 11.4. The first kappa shape index (κ1) is 16.4. The van der Waals surface area contributed by atoms with Gasteiger partial charge in [-0.1, -0.05) is 29.3 Å². The molecule has 0 saturated heterocycles. The maximum absolute atomic E-state index is 12.4. The van der Waals surface area contributed by atoms with E-state index in [0.29, 0.717) is 26.4 Å². The molecule has 0 radical (unpaired) electrons. The Morgan fingerprint density at radius 1 is 1.19 bits per heavy atom. The third-order valence-corrected chi connectivity index (χ3v) is 6.03. The maximum atomic E-state index is 12.4. The predicted octanol–water partition coefficient (Wildman–Crippen LogP) is 4.45. The second-order valence-corrected chi connectivity index (χ2v) is 7.60. The molecule has 0 spiro atoms. The van der Waals surface area contributed by atoms with Crippen LogP contribution in [0.3, 0.4) is 0 Å². The SMILES string of the molecule is Cc1cc(Cl)c(S(=O)(=O)Nc2cccc(Cl)c2Br)cc1N. The molecule has 0 bridgehead atoms. The molecule has 2 aromatic carbocycles. The van der Waals surface area contributed by atoms with Gasteiger partial charge in [-0.05, 0) is 52.7 Å². The van der Waals surface area contributed by atoms with Crippen LogP contribution in [0.15, 0.2) is 39.7 Å². The number of rotatable bonds is 3. The largest absolute Gasteiger partial charge is 0.398 e. The highest BCUT2D eigenvalue weighted by Gasteiger charge is 2.20. The van der Waals surface area contributed by atoms with Crippen LogP contribution in [0.4, 0.5) is 11.4 Å². The van der Waals surface area contributed by atoms with E-state index in [9.17, 15) is 8.42 Å². The summed E-state index contributed by atoms with van der Waals surface area (Å²) in [6.07, 6.45) is 0. The number of nitrogens with one attached hydrogen (secondary N) is 1. The highest BCUT2D eigenvalue weighted by molar-refractivity contribution is 9.10. The quantitative estimate of drug-likeness (QED) is 0.735. The van der Waals surface area contributed by atoms with Crippen LogP contribution in [0.25, 0.3) is 0 Å². The molecule has 0 fully saturated rings. The molecule has 0 aliphatic carbocycles. The molecule has 4 nitrogen and oxygen atoms in total. The number of aryl methyl sites for hydroxylation is 1. The van der Waals surface area contributed by atoms with Gasteiger partial charge in [0.25, 0.3) is 10.0 Å². The van der Waals surface area contributed by atoms with Gasteiger partial charge in [-0.3, -0.25) is 4.72 Å². The molecule has 8 heteroatoms. The van der Waals surface area contributed by atoms with Gasteiger partial charge in [0.15, 0.2) is 0 Å². The van der Waals surface area contributed by atoms with E-state index in [4.69, 9.17) is 28.9 Å². The number of hydrogen-bond acceptors (Lipinski definition) is 3. The number of nitrogens with two attached hydrogens (primary N) is 1. The zero-order valence-electron chi connectivity index (χ0n) is 10.8. The summed E-state index contributed by atoms with van der Waals surface area (Å²) in [5.74, 6) is 0. The van der Waals surface area contributed by atoms with Crippen LogP contribution in [0.1, 0.15) is 5.56 Å². The molecule has 0 heterocycles. The number of halogens is 3. The molecule has 2 rings (SSSR count). The molecule has 21 heavy (non-hydrogen) atoms. The third kappa shape index (κ3) is 3.45. The van der Waals surface area contributed by atoms with Crippen molar-refractivity contribution in [3.8, 4) is 0 Å². The molecule has 112 valence electrons. The van der Waals surface area contributed by atoms with Gasteiger partial charge in [-0.15, -0.1) is 0 Å². The summed E-state index contributed by atoms with van der Waals surface area (Å²) < 4.78 is 27.8. The van der Waals surface area contributed by atoms with E-state index < -0.39 is 10.0 Å². The lowest BCUT2D eigenvalue weighted by atomic mass is 10.2. The standard InChI is InChI=1S/C13H11BrCl2N2O2S/c1-7-5-9(16)12(6-10(7)17)21(19,20)18-11-4-2-3-8(15)13(11)14/h2-6,18H,17H2,1H3. The van der Waals surface area contributed by atoms with Gasteiger partial charge in [0, 0.05) is 5.69 Å². The van der Waals surface area contributed by atoms with Gasteiger partial charge >= 0.3 is 0 Å². The van der Waals surface area contributed by atoms with Gasteiger partial charge in [-0.2, -0.15) is 0 Å². The predicted molar refractivity (Wildman–Crippen MR) is 90.6 cm³/mol. The molecule has 0 atom stereocenters. The summed E-state index contributed by atoms with van der Waals surface area (Å²) in [5, 5.41) is 0.497. The Hall–Kier alpha value is -0.950. The Morgan fingerprint density at radius 3 is 2.52 bits per heavy atom. The Bertz CT molecular complexity index is 810. The van der Waals surface area contributed by atoms with Crippen molar-refractivity contribution in [2.45, 2.75) is 11.8 Å². The van der Waals surface area contributed by atoms with E-state index in [1.165, 1.54) is 12.1 Å². The Labute approximate surface area is 141 Å². The summed E-state index contributed by atoms with van der Waals surface area (Å²) >= 11 is 15.2. The fourth-order valence-corrected chi connectivity index (χ4v) is 4.02. The van der Waals surface area contributed by atoms with E-state index in [-0.39, 0.29) is 9.92 Å². The number of anilines is 2. The summed E-state index contributed by atoms with van der Waals surface area (Å²) in [4.78, 5) is -0.0841. The highest BCUT2D eigenvalue weighted by Crippen LogP contribution is 2.33. The van der Waals surface area contributed by atoms with Crippen molar-refractivity contribution in [2.75, 3.05) is 10.5 Å². The molecule has 0 aliphatic heterocycles. The lowest BCUT2D eigenvalue weighted by Gasteiger charge is -2.13. The molecule has 3 N–H and O–H groups in total. The van der Waals surface area contributed by atoms with Gasteiger partial charge in [0.2, 0.25) is 0 Å². The van der Waals surface area contributed by atoms with Crippen LogP contribution in [-0.4, -0.2) is 8.42 Å². The van der Waals surface area contributed by atoms with Crippen molar-refractivity contribution in [1.82, 2.24) is 0 Å². The van der Waals surface area contributed by atoms with Crippen LogP contribution < -0.4 is 10.5 Å². The first-order valence-electron chi connectivity index (χ1n) is 5.75. The summed E-state index contributed by atoms with van der Waals surface area (Å²) in [7, 11) is -3.87. The minimum atomic E-state index is -3.87. The van der Waals surface area contributed by atoms with Crippen molar-refractivity contribution in [3.63, 3.8) is 0 Å². The van der Waals surface area contributed by atoms with Crippen molar-refractivity contribution in [1.29, 1.82) is 0 Å². The smallest absolute Gasteiger partial charge is 0.263 e. The summed E-state index contributed by atoms with van der Waals surface area (Å²) in [6.45, 7) is 1.75. The zero-order valence-corrected chi connectivity index (χ0v) is 14.7. The number of hydrogen-bond donors (Lipinski definition) is 2. The minimum absolute atomic E-state index is 0.0841. The monoisotopic (exact) mass is 408 g/mol. The van der Waals surface area contributed by atoms with Crippen LogP contribution in [0, 0.1) is 6.92 Å². The van der Waals surface area contributed by atoms with Crippen molar-refractivity contribution < 1.29 is 8.42 Å². The van der Waals surface area contributed by atoms with Gasteiger partial charge < -0.3 is 5.73 Å². The van der Waals surface area contributed by atoms with E-state index in [1.54, 1.807) is 25.1 Å². The van der Waals surface area contributed by atoms with Gasteiger partial charge in [0.1, 0.15) is 4.90 Å². The Kier molecular flexibility index (Phi) is 4.72. The molecule has 0 amide bonds. The second kappa shape index (κ2) is 6.04. The number of sulfonamides is 1. The third-order valence-electron chi connectivity index (χ3n) is 2.81. The average molecular weight is 410 g/mol. The highest BCUT2D eigenvalue weighted by atomic mass is 79.9. The number of benzene rings is 2. The van der Waals surface area contributed by atoms with E-state index in [1.807, 2.05) is 0 Å². The molecular weight excluding hydrogens is 399 g/mol. The molecule has 0 unspecified atom stereocenters. The van der Waals surface area contributed by atoms with Crippen LogP contribution in [0.2, 0.25) is 10.0 Å². The maximum Gasteiger partial charge on any atom is 0.263 e. The summed E-state index contributed by atoms with van der Waals surface area (Å²) in [6, 6.07) is 7.70. The minimum Gasteiger partial charge on any atom is -0.398 e.